The van der Waals surface area contributed by atoms with Crippen LogP contribution in [0, 0.1) is 6.92 Å². The van der Waals surface area contributed by atoms with Crippen LogP contribution in [-0.4, -0.2) is 23.5 Å². The summed E-state index contributed by atoms with van der Waals surface area (Å²) in [5.41, 5.74) is 5.63. The van der Waals surface area contributed by atoms with E-state index in [1.165, 1.54) is 6.92 Å². The average Bonchev–Trinajstić information content (AvgIpc) is 2.34. The zero-order valence-corrected chi connectivity index (χ0v) is 11.5. The molecule has 0 spiro atoms. The number of carbonyl (C=O) groups is 2. The van der Waals surface area contributed by atoms with Crippen LogP contribution in [0.4, 0.5) is 0 Å². The van der Waals surface area contributed by atoms with Gasteiger partial charge in [-0.3, -0.25) is 20.4 Å². The number of amides is 2. The highest BCUT2D eigenvalue weighted by Crippen LogP contribution is 2.15. The molecule has 0 aliphatic carbocycles. The highest BCUT2D eigenvalue weighted by atomic mass is 32.1. The summed E-state index contributed by atoms with van der Waals surface area (Å²) in [5.74, 6) is -0.0825. The molecule has 0 atom stereocenters. The molecule has 0 bridgehead atoms. The fraction of sp³-hybridized carbons (Fsp3) is 0.250. The molecule has 3 N–H and O–H groups in total. The maximum Gasteiger partial charge on any atom is 0.276 e. The summed E-state index contributed by atoms with van der Waals surface area (Å²) in [6.45, 7) is 3.05. The molecule has 2 amide bonds. The van der Waals surface area contributed by atoms with E-state index in [1.54, 1.807) is 6.07 Å². The number of hydrazine groups is 1. The number of ether oxygens (including phenoxy) is 1. The first kappa shape index (κ1) is 14.9. The SMILES string of the molecule is CC(=O)NC(=S)NNC(=O)COc1ccccc1C. The molecule has 0 fully saturated rings. The fourth-order valence-corrected chi connectivity index (χ4v) is 1.41. The second-order valence-electron chi connectivity index (χ2n) is 3.74. The highest BCUT2D eigenvalue weighted by Gasteiger charge is 2.05. The topological polar surface area (TPSA) is 79.5 Å². The van der Waals surface area contributed by atoms with Crippen molar-refractivity contribution in [1.29, 1.82) is 0 Å². The third-order valence-electron chi connectivity index (χ3n) is 2.06. The lowest BCUT2D eigenvalue weighted by Crippen LogP contribution is -2.49. The Kier molecular flexibility index (Phi) is 5.74. The number of hydrogen-bond acceptors (Lipinski definition) is 4. The Balaban J connectivity index is 2.31. The third kappa shape index (κ3) is 5.82. The van der Waals surface area contributed by atoms with E-state index in [0.29, 0.717) is 5.75 Å². The van der Waals surface area contributed by atoms with Crippen LogP contribution in [0.25, 0.3) is 0 Å². The molecular weight excluding hydrogens is 266 g/mol. The fourth-order valence-electron chi connectivity index (χ4n) is 1.22. The second-order valence-corrected chi connectivity index (χ2v) is 4.15. The Labute approximate surface area is 116 Å². The lowest BCUT2D eigenvalue weighted by atomic mass is 10.2. The Morgan fingerprint density at radius 2 is 1.95 bits per heavy atom. The summed E-state index contributed by atoms with van der Waals surface area (Å²) < 4.78 is 5.33. The zero-order chi connectivity index (χ0) is 14.3. The first-order valence-corrected chi connectivity index (χ1v) is 5.94. The van der Waals surface area contributed by atoms with Gasteiger partial charge in [0.2, 0.25) is 5.91 Å². The number of hydrogen-bond donors (Lipinski definition) is 3. The smallest absolute Gasteiger partial charge is 0.276 e. The molecule has 1 aromatic rings. The third-order valence-corrected chi connectivity index (χ3v) is 2.26. The van der Waals surface area contributed by atoms with Crippen molar-refractivity contribution in [3.05, 3.63) is 29.8 Å². The van der Waals surface area contributed by atoms with Crippen molar-refractivity contribution in [3.63, 3.8) is 0 Å². The van der Waals surface area contributed by atoms with Gasteiger partial charge in [0, 0.05) is 6.92 Å². The zero-order valence-electron chi connectivity index (χ0n) is 10.6. The van der Waals surface area contributed by atoms with Crippen LogP contribution in [-0.2, 0) is 9.59 Å². The van der Waals surface area contributed by atoms with Crippen molar-refractivity contribution in [2.75, 3.05) is 6.61 Å². The van der Waals surface area contributed by atoms with Crippen molar-refractivity contribution < 1.29 is 14.3 Å². The van der Waals surface area contributed by atoms with E-state index in [-0.39, 0.29) is 17.6 Å². The normalized spacial score (nSPS) is 9.37. The van der Waals surface area contributed by atoms with E-state index in [1.807, 2.05) is 25.1 Å². The standard InChI is InChI=1S/C12H15N3O3S/c1-8-5-3-4-6-10(8)18-7-11(17)14-15-12(19)13-9(2)16/h3-6H,7H2,1-2H3,(H,14,17)(H2,13,15,16,19). The van der Waals surface area contributed by atoms with E-state index in [9.17, 15) is 9.59 Å². The predicted molar refractivity (Wildman–Crippen MR) is 74.4 cm³/mol. The molecule has 0 aliphatic heterocycles. The van der Waals surface area contributed by atoms with Crippen LogP contribution in [0.1, 0.15) is 12.5 Å². The number of benzene rings is 1. The van der Waals surface area contributed by atoms with E-state index < -0.39 is 5.91 Å². The molecule has 102 valence electrons. The van der Waals surface area contributed by atoms with Crippen LogP contribution < -0.4 is 20.9 Å². The number of carbonyl (C=O) groups excluding carboxylic acids is 2. The van der Waals surface area contributed by atoms with E-state index in [0.717, 1.165) is 5.56 Å². The predicted octanol–water partition coefficient (Wildman–Crippen LogP) is 0.416. The van der Waals surface area contributed by atoms with Crippen LogP contribution in [0.2, 0.25) is 0 Å². The van der Waals surface area contributed by atoms with Crippen molar-refractivity contribution in [2.24, 2.45) is 0 Å². The molecular formula is C12H15N3O3S. The van der Waals surface area contributed by atoms with Gasteiger partial charge in [-0.15, -0.1) is 0 Å². The molecule has 6 nitrogen and oxygen atoms in total. The lowest BCUT2D eigenvalue weighted by molar-refractivity contribution is -0.124. The van der Waals surface area contributed by atoms with Gasteiger partial charge in [0.15, 0.2) is 11.7 Å². The Bertz CT molecular complexity index is 491. The summed E-state index contributed by atoms with van der Waals surface area (Å²) in [4.78, 5) is 22.1. The molecule has 0 radical (unpaired) electrons. The summed E-state index contributed by atoms with van der Waals surface area (Å²) >= 11 is 4.75. The number of rotatable bonds is 3. The molecule has 0 aliphatic rings. The maximum absolute atomic E-state index is 11.4. The van der Waals surface area contributed by atoms with Gasteiger partial charge in [-0.1, -0.05) is 18.2 Å². The first-order valence-electron chi connectivity index (χ1n) is 5.54. The van der Waals surface area contributed by atoms with E-state index in [2.05, 4.69) is 16.2 Å². The quantitative estimate of drug-likeness (QED) is 0.552. The molecule has 0 saturated carbocycles. The van der Waals surface area contributed by atoms with Gasteiger partial charge in [-0.2, -0.15) is 0 Å². The van der Waals surface area contributed by atoms with Gasteiger partial charge < -0.3 is 10.1 Å². The van der Waals surface area contributed by atoms with Gasteiger partial charge >= 0.3 is 0 Å². The first-order chi connectivity index (χ1) is 8.99. The average molecular weight is 281 g/mol. The van der Waals surface area contributed by atoms with Crippen molar-refractivity contribution >= 4 is 29.1 Å². The van der Waals surface area contributed by atoms with Crippen molar-refractivity contribution in [3.8, 4) is 5.75 Å². The molecule has 1 rings (SSSR count). The Morgan fingerprint density at radius 3 is 2.58 bits per heavy atom. The molecule has 7 heteroatoms. The van der Waals surface area contributed by atoms with Crippen LogP contribution in [0.3, 0.4) is 0 Å². The largest absolute Gasteiger partial charge is 0.483 e. The molecule has 0 unspecified atom stereocenters. The minimum Gasteiger partial charge on any atom is -0.483 e. The van der Waals surface area contributed by atoms with Crippen molar-refractivity contribution in [1.82, 2.24) is 16.2 Å². The minimum atomic E-state index is -0.407. The number of para-hydroxylation sites is 1. The molecule has 0 aromatic heterocycles. The monoisotopic (exact) mass is 281 g/mol. The molecule has 0 heterocycles. The van der Waals surface area contributed by atoms with Crippen molar-refractivity contribution in [2.45, 2.75) is 13.8 Å². The lowest BCUT2D eigenvalue weighted by Gasteiger charge is -2.11. The van der Waals surface area contributed by atoms with Crippen LogP contribution >= 0.6 is 12.2 Å². The minimum absolute atomic E-state index is 0.0248. The number of thiocarbonyl (C=S) groups is 1. The summed E-state index contributed by atoms with van der Waals surface area (Å²) in [6.07, 6.45) is 0. The van der Waals surface area contributed by atoms with Crippen LogP contribution in [0.15, 0.2) is 24.3 Å². The van der Waals surface area contributed by atoms with Crippen LogP contribution in [0.5, 0.6) is 5.75 Å². The Hall–Kier alpha value is -2.15. The molecule has 0 saturated heterocycles. The summed E-state index contributed by atoms with van der Waals surface area (Å²) in [7, 11) is 0. The summed E-state index contributed by atoms with van der Waals surface area (Å²) in [5, 5.41) is 2.33. The van der Waals surface area contributed by atoms with Gasteiger partial charge in [-0.25, -0.2) is 0 Å². The van der Waals surface area contributed by atoms with Gasteiger partial charge in [-0.05, 0) is 30.8 Å². The van der Waals surface area contributed by atoms with Gasteiger partial charge in [0.25, 0.3) is 5.91 Å². The van der Waals surface area contributed by atoms with E-state index in [4.69, 9.17) is 17.0 Å². The molecule has 1 aromatic carbocycles. The van der Waals surface area contributed by atoms with E-state index >= 15 is 0 Å². The van der Waals surface area contributed by atoms with Gasteiger partial charge in [0.1, 0.15) is 5.75 Å². The van der Waals surface area contributed by atoms with Gasteiger partial charge in [0.05, 0.1) is 0 Å². The molecule has 19 heavy (non-hydrogen) atoms. The highest BCUT2D eigenvalue weighted by molar-refractivity contribution is 7.80. The number of aryl methyl sites for hydroxylation is 1. The number of nitrogens with one attached hydrogen (secondary N) is 3. The second kappa shape index (κ2) is 7.32. The maximum atomic E-state index is 11.4. The summed E-state index contributed by atoms with van der Waals surface area (Å²) in [6, 6.07) is 7.37. The Morgan fingerprint density at radius 1 is 1.26 bits per heavy atom.